The number of aromatic nitrogens is 6. The number of piperazine rings is 1. The first-order valence-corrected chi connectivity index (χ1v) is 21.8. The Morgan fingerprint density at radius 3 is 2.17 bits per heavy atom. The van der Waals surface area contributed by atoms with Crippen molar-refractivity contribution >= 4 is 11.4 Å². The van der Waals surface area contributed by atoms with Crippen LogP contribution in [0.1, 0.15) is 43.9 Å². The summed E-state index contributed by atoms with van der Waals surface area (Å²) in [6.45, 7) is 11.0. The molecule has 3 fully saturated rings. The van der Waals surface area contributed by atoms with Crippen molar-refractivity contribution in [3.63, 3.8) is 0 Å². The molecule has 0 radical (unpaired) electrons. The van der Waals surface area contributed by atoms with Crippen LogP contribution in [0.2, 0.25) is 0 Å². The van der Waals surface area contributed by atoms with Gasteiger partial charge in [-0.05, 0) is 106 Å². The van der Waals surface area contributed by atoms with E-state index in [1.807, 2.05) is 36.4 Å². The van der Waals surface area contributed by atoms with E-state index in [1.54, 1.807) is 15.6 Å². The summed E-state index contributed by atoms with van der Waals surface area (Å²) in [5.41, 5.74) is 4.27. The van der Waals surface area contributed by atoms with E-state index >= 15 is 0 Å². The predicted octanol–water partition coefficient (Wildman–Crippen LogP) is 5.78. The number of rotatable bonds is 15. The van der Waals surface area contributed by atoms with Gasteiger partial charge in [-0.15, -0.1) is 0 Å². The lowest BCUT2D eigenvalue weighted by Crippen LogP contribution is -2.48. The van der Waals surface area contributed by atoms with Crippen molar-refractivity contribution in [3.8, 4) is 11.4 Å². The molecule has 330 valence electrons. The monoisotopic (exact) mass is 860 g/mol. The zero-order valence-electron chi connectivity index (χ0n) is 35.7. The molecule has 0 bridgehead atoms. The van der Waals surface area contributed by atoms with Gasteiger partial charge in [0.1, 0.15) is 55.6 Å². The Labute approximate surface area is 365 Å². The summed E-state index contributed by atoms with van der Waals surface area (Å²) in [5, 5.41) is 12.4. The van der Waals surface area contributed by atoms with Gasteiger partial charge in [0.2, 0.25) is 5.79 Å². The highest BCUT2D eigenvalue weighted by Gasteiger charge is 2.46. The van der Waals surface area contributed by atoms with Crippen LogP contribution in [0.25, 0.3) is 5.69 Å². The van der Waals surface area contributed by atoms with Gasteiger partial charge in [-0.2, -0.15) is 10.2 Å². The van der Waals surface area contributed by atoms with E-state index in [9.17, 15) is 13.6 Å². The summed E-state index contributed by atoms with van der Waals surface area (Å²) in [6.07, 6.45) is 6.12. The topological polar surface area (TPSA) is 120 Å². The van der Waals surface area contributed by atoms with Gasteiger partial charge in [-0.3, -0.25) is 4.90 Å². The number of likely N-dealkylation sites (tertiary alicyclic amines) is 1. The lowest BCUT2D eigenvalue weighted by Gasteiger charge is -2.37. The molecule has 3 aliphatic rings. The molecule has 0 amide bonds. The van der Waals surface area contributed by atoms with E-state index in [1.165, 1.54) is 35.0 Å². The predicted molar refractivity (Wildman–Crippen MR) is 235 cm³/mol. The number of anilines is 2. The number of nitrogens with one attached hydrogen (secondary N) is 1. The minimum atomic E-state index is -1.52. The Bertz CT molecular complexity index is 2450. The van der Waals surface area contributed by atoms with Crippen LogP contribution in [0.15, 0.2) is 121 Å². The quantitative estimate of drug-likeness (QED) is 0.135. The average Bonchev–Trinajstić information content (AvgIpc) is 4.08. The van der Waals surface area contributed by atoms with Gasteiger partial charge in [-0.1, -0.05) is 30.3 Å². The van der Waals surface area contributed by atoms with Crippen LogP contribution >= 0.6 is 0 Å². The van der Waals surface area contributed by atoms with Crippen LogP contribution in [0.3, 0.4) is 0 Å². The molecule has 3 saturated heterocycles. The molecule has 16 heteroatoms. The van der Waals surface area contributed by atoms with Crippen molar-refractivity contribution in [3.05, 3.63) is 149 Å². The number of hydrogen-bond acceptors (Lipinski definition) is 11. The molecule has 6 aromatic rings. The van der Waals surface area contributed by atoms with Gasteiger partial charge in [0.25, 0.3) is 0 Å². The van der Waals surface area contributed by atoms with E-state index in [0.29, 0.717) is 11.8 Å². The van der Waals surface area contributed by atoms with Crippen molar-refractivity contribution < 1.29 is 23.0 Å². The van der Waals surface area contributed by atoms with Crippen molar-refractivity contribution in [2.75, 3.05) is 62.3 Å². The molecule has 0 aliphatic carbocycles. The zero-order valence-corrected chi connectivity index (χ0v) is 35.7. The Hall–Kier alpha value is -5.94. The molecule has 63 heavy (non-hydrogen) atoms. The molecule has 4 unspecified atom stereocenters. The SMILES string of the molecule is CC(NC1CCN(Cc2ccccc2)CC1)C(C)n1ncn(-c2ccc(N3CCN(c4ccc(OCC5COC(Cn6cncn6)(c6ccc(F)cc6F)O5)cc4)CC3)cc2)c1=O. The average molecular weight is 861 g/mol. The fourth-order valence-electron chi connectivity index (χ4n) is 8.87. The third kappa shape index (κ3) is 9.69. The van der Waals surface area contributed by atoms with Gasteiger partial charge < -0.3 is 29.3 Å². The third-order valence-corrected chi connectivity index (χ3v) is 12.6. The van der Waals surface area contributed by atoms with Gasteiger partial charge >= 0.3 is 5.69 Å². The van der Waals surface area contributed by atoms with E-state index in [4.69, 9.17) is 14.2 Å². The van der Waals surface area contributed by atoms with Crippen molar-refractivity contribution in [2.24, 2.45) is 0 Å². The fraction of sp³-hybridized carbons (Fsp3) is 0.404. The molecule has 0 saturated carbocycles. The van der Waals surface area contributed by atoms with Crippen molar-refractivity contribution in [2.45, 2.75) is 69.8 Å². The second-order valence-electron chi connectivity index (χ2n) is 16.8. The Balaban J connectivity index is 0.735. The molecule has 9 rings (SSSR count). The summed E-state index contributed by atoms with van der Waals surface area (Å²) < 4.78 is 51.8. The van der Waals surface area contributed by atoms with E-state index < -0.39 is 23.5 Å². The number of piperidine rings is 1. The molecular formula is C47H54F2N10O4. The Morgan fingerprint density at radius 1 is 0.825 bits per heavy atom. The molecule has 1 N–H and O–H groups in total. The Morgan fingerprint density at radius 2 is 1.51 bits per heavy atom. The summed E-state index contributed by atoms with van der Waals surface area (Å²) in [6, 6.07) is 30.4. The minimum Gasteiger partial charge on any atom is -0.491 e. The van der Waals surface area contributed by atoms with Gasteiger partial charge in [0.05, 0.1) is 18.3 Å². The van der Waals surface area contributed by atoms with Crippen molar-refractivity contribution in [1.29, 1.82) is 0 Å². The highest BCUT2D eigenvalue weighted by atomic mass is 19.1. The number of benzene rings is 4. The maximum Gasteiger partial charge on any atom is 0.350 e. The first kappa shape index (κ1) is 42.4. The lowest BCUT2D eigenvalue weighted by atomic mass is 10.0. The molecule has 14 nitrogen and oxygen atoms in total. The van der Waals surface area contributed by atoms with Crippen LogP contribution in [-0.2, 0) is 28.4 Å². The zero-order chi connectivity index (χ0) is 43.3. The maximum absolute atomic E-state index is 15.0. The van der Waals surface area contributed by atoms with Crippen LogP contribution < -0.4 is 25.5 Å². The minimum absolute atomic E-state index is 0.0289. The Kier molecular flexibility index (Phi) is 12.6. The molecule has 3 aliphatic heterocycles. The third-order valence-electron chi connectivity index (χ3n) is 12.6. The van der Waals surface area contributed by atoms with Gasteiger partial charge in [-0.25, -0.2) is 32.5 Å². The first-order valence-electron chi connectivity index (χ1n) is 21.8. The molecule has 4 atom stereocenters. The van der Waals surface area contributed by atoms with Gasteiger partial charge in [0.15, 0.2) is 0 Å². The first-order chi connectivity index (χ1) is 30.7. The highest BCUT2D eigenvalue weighted by Crippen LogP contribution is 2.38. The molecule has 5 heterocycles. The summed E-state index contributed by atoms with van der Waals surface area (Å²) in [5.74, 6) is -2.31. The van der Waals surface area contributed by atoms with Crippen molar-refractivity contribution in [1.82, 2.24) is 39.3 Å². The summed E-state index contributed by atoms with van der Waals surface area (Å²) in [4.78, 5) is 24.8. The van der Waals surface area contributed by atoms with Crippen LogP contribution in [0.4, 0.5) is 20.2 Å². The van der Waals surface area contributed by atoms with Crippen LogP contribution in [-0.4, -0.2) is 105 Å². The highest BCUT2D eigenvalue weighted by molar-refractivity contribution is 5.54. The molecule has 0 spiro atoms. The van der Waals surface area contributed by atoms with Gasteiger partial charge in [0, 0.05) is 67.8 Å². The number of nitrogens with zero attached hydrogens (tertiary/aromatic N) is 9. The molecule has 2 aromatic heterocycles. The van der Waals surface area contributed by atoms with Crippen LogP contribution in [0, 0.1) is 11.6 Å². The molecule has 4 aromatic carbocycles. The standard InChI is InChI=1S/C47H54F2N10O4/c1-34(53-38-18-20-54(21-19-38)27-36-6-4-3-5-7-36)35(2)59-46(60)58(33-52-59)41-11-9-39(10-12-41)55-22-24-56(25-23-55)40-13-15-42(16-14-40)61-28-43-29-62-47(63-43,30-57-32-50-31-51-57)44-17-8-37(48)26-45(44)49/h3-17,26,31-35,38,43,53H,18-25,27-30H2,1-2H3. The largest absolute Gasteiger partial charge is 0.491 e. The maximum atomic E-state index is 15.0. The fourth-order valence-corrected chi connectivity index (χ4v) is 8.87. The second-order valence-corrected chi connectivity index (χ2v) is 16.8. The molecular weight excluding hydrogens is 807 g/mol. The number of ether oxygens (including phenoxy) is 3. The summed E-state index contributed by atoms with van der Waals surface area (Å²) >= 11 is 0. The number of hydrogen-bond donors (Lipinski definition) is 1. The summed E-state index contributed by atoms with van der Waals surface area (Å²) in [7, 11) is 0. The normalized spacial score (nSPS) is 20.9. The van der Waals surface area contributed by atoms with E-state index in [2.05, 4.69) is 91.5 Å². The van der Waals surface area contributed by atoms with Crippen LogP contribution in [0.5, 0.6) is 5.75 Å². The lowest BCUT2D eigenvalue weighted by molar-refractivity contribution is -0.192. The smallest absolute Gasteiger partial charge is 0.350 e. The van der Waals surface area contributed by atoms with E-state index in [0.717, 1.165) is 81.8 Å². The van der Waals surface area contributed by atoms with E-state index in [-0.39, 0.29) is 43.1 Å². The number of halogens is 2. The second kappa shape index (κ2) is 18.8.